The monoisotopic (exact) mass is 279 g/mol. The number of esters is 1. The van der Waals surface area contributed by atoms with Crippen LogP contribution < -0.4 is 16.0 Å². The van der Waals surface area contributed by atoms with Gasteiger partial charge in [-0.25, -0.2) is 4.79 Å². The number of benzene rings is 1. The van der Waals surface area contributed by atoms with Crippen molar-refractivity contribution < 1.29 is 19.1 Å². The number of likely N-dealkylation sites (N-methyl/N-ethyl adjacent to an activating group) is 1. The molecule has 1 aromatic rings. The van der Waals surface area contributed by atoms with E-state index in [1.165, 1.54) is 0 Å². The fourth-order valence-electron chi connectivity index (χ4n) is 1.48. The van der Waals surface area contributed by atoms with Crippen LogP contribution in [0.15, 0.2) is 30.3 Å². The second kappa shape index (κ2) is 7.90. The Labute approximate surface area is 116 Å². The quantitative estimate of drug-likeness (QED) is 0.374. The summed E-state index contributed by atoms with van der Waals surface area (Å²) in [7, 11) is 2.77. The van der Waals surface area contributed by atoms with Gasteiger partial charge in [0.25, 0.3) is 5.91 Å². The lowest BCUT2D eigenvalue weighted by Crippen LogP contribution is -2.54. The van der Waals surface area contributed by atoms with Crippen molar-refractivity contribution in [2.24, 2.45) is 0 Å². The second-order valence-electron chi connectivity index (χ2n) is 3.91. The van der Waals surface area contributed by atoms with E-state index in [0.717, 1.165) is 7.11 Å². The molecule has 0 saturated heterocycles. The first kappa shape index (κ1) is 15.6. The van der Waals surface area contributed by atoms with Gasteiger partial charge in [0.15, 0.2) is 0 Å². The molecular weight excluding hydrogens is 262 g/mol. The Hall–Kier alpha value is -2.41. The summed E-state index contributed by atoms with van der Waals surface area (Å²) in [6.07, 6.45) is -0.723. The maximum absolute atomic E-state index is 11.9. The fraction of sp³-hybridized carbons (Fsp3) is 0.308. The van der Waals surface area contributed by atoms with Crippen molar-refractivity contribution in [1.29, 1.82) is 0 Å². The van der Waals surface area contributed by atoms with Gasteiger partial charge in [0.1, 0.15) is 6.17 Å². The first-order valence-electron chi connectivity index (χ1n) is 5.97. The zero-order valence-corrected chi connectivity index (χ0v) is 11.3. The highest BCUT2D eigenvalue weighted by Gasteiger charge is 2.20. The lowest BCUT2D eigenvalue weighted by Gasteiger charge is -2.19. The number of rotatable bonds is 5. The maximum Gasteiger partial charge on any atom is 0.396 e. The zero-order valence-electron chi connectivity index (χ0n) is 11.3. The van der Waals surface area contributed by atoms with E-state index in [0.29, 0.717) is 5.56 Å². The highest BCUT2D eigenvalue weighted by Crippen LogP contribution is 1.98. The number of nitrogens with one attached hydrogen (secondary N) is 3. The topological polar surface area (TPSA) is 96.5 Å². The average molecular weight is 279 g/mol. The van der Waals surface area contributed by atoms with E-state index in [4.69, 9.17) is 0 Å². The largest absolute Gasteiger partial charge is 0.462 e. The molecule has 0 fully saturated rings. The smallest absolute Gasteiger partial charge is 0.396 e. The van der Waals surface area contributed by atoms with Gasteiger partial charge >= 0.3 is 11.9 Å². The summed E-state index contributed by atoms with van der Waals surface area (Å²) in [5, 5.41) is 7.77. The van der Waals surface area contributed by atoms with E-state index < -0.39 is 18.0 Å². The highest BCUT2D eigenvalue weighted by atomic mass is 16.5. The maximum atomic E-state index is 11.9. The third-order valence-electron chi connectivity index (χ3n) is 2.43. The fourth-order valence-corrected chi connectivity index (χ4v) is 1.48. The number of carbonyl (C=O) groups excluding carboxylic acids is 3. The second-order valence-corrected chi connectivity index (χ2v) is 3.91. The molecule has 7 nitrogen and oxygen atoms in total. The molecule has 1 rings (SSSR count). The van der Waals surface area contributed by atoms with Gasteiger partial charge in [-0.05, 0) is 19.2 Å². The van der Waals surface area contributed by atoms with E-state index in [2.05, 4.69) is 20.7 Å². The molecule has 0 bridgehead atoms. The van der Waals surface area contributed by atoms with Gasteiger partial charge in [0, 0.05) is 12.1 Å². The molecule has 0 aliphatic heterocycles. The molecule has 1 aromatic carbocycles. The van der Waals surface area contributed by atoms with Gasteiger partial charge in [-0.2, -0.15) is 0 Å². The lowest BCUT2D eigenvalue weighted by molar-refractivity contribution is -0.153. The van der Waals surface area contributed by atoms with Crippen LogP contribution >= 0.6 is 0 Å². The van der Waals surface area contributed by atoms with E-state index in [1.54, 1.807) is 37.4 Å². The van der Waals surface area contributed by atoms with Gasteiger partial charge in [0.05, 0.1) is 7.11 Å². The molecule has 20 heavy (non-hydrogen) atoms. The van der Waals surface area contributed by atoms with Gasteiger partial charge < -0.3 is 20.7 Å². The van der Waals surface area contributed by atoms with Crippen LogP contribution in [0.25, 0.3) is 0 Å². The minimum absolute atomic E-state index is 0.265. The summed E-state index contributed by atoms with van der Waals surface area (Å²) in [6.45, 7) is 0.265. The van der Waals surface area contributed by atoms with Crippen LogP contribution in [0, 0.1) is 0 Å². The molecule has 2 amide bonds. The molecule has 0 heterocycles. The van der Waals surface area contributed by atoms with Crippen molar-refractivity contribution in [3.8, 4) is 0 Å². The van der Waals surface area contributed by atoms with Crippen molar-refractivity contribution in [2.75, 3.05) is 20.7 Å². The Balaban J connectivity index is 2.65. The third-order valence-corrected chi connectivity index (χ3v) is 2.43. The van der Waals surface area contributed by atoms with Gasteiger partial charge in [-0.1, -0.05) is 18.2 Å². The van der Waals surface area contributed by atoms with Crippen LogP contribution in [0.2, 0.25) is 0 Å². The number of ether oxygens (including phenoxy) is 1. The van der Waals surface area contributed by atoms with Crippen LogP contribution in [0.1, 0.15) is 10.4 Å². The van der Waals surface area contributed by atoms with Crippen molar-refractivity contribution in [2.45, 2.75) is 6.17 Å². The molecule has 1 unspecified atom stereocenters. The number of amides is 2. The van der Waals surface area contributed by atoms with E-state index in [-0.39, 0.29) is 12.5 Å². The molecule has 0 aromatic heterocycles. The number of carbonyl (C=O) groups is 3. The van der Waals surface area contributed by atoms with Gasteiger partial charge in [-0.15, -0.1) is 0 Å². The Morgan fingerprint density at radius 1 is 1.15 bits per heavy atom. The molecule has 0 radical (unpaired) electrons. The minimum Gasteiger partial charge on any atom is -0.462 e. The van der Waals surface area contributed by atoms with E-state index in [9.17, 15) is 14.4 Å². The normalized spacial score (nSPS) is 11.3. The summed E-state index contributed by atoms with van der Waals surface area (Å²) >= 11 is 0. The molecule has 0 aliphatic carbocycles. The summed E-state index contributed by atoms with van der Waals surface area (Å²) in [4.78, 5) is 34.4. The van der Waals surface area contributed by atoms with Crippen LogP contribution in [-0.2, 0) is 14.3 Å². The molecule has 108 valence electrons. The van der Waals surface area contributed by atoms with Crippen molar-refractivity contribution >= 4 is 17.8 Å². The Morgan fingerprint density at radius 3 is 2.35 bits per heavy atom. The SMILES string of the molecule is CNCC(NC(=O)C(=O)OC)NC(=O)c1ccccc1. The number of methoxy groups -OCH3 is 1. The zero-order chi connectivity index (χ0) is 15.0. The Kier molecular flexibility index (Phi) is 6.18. The summed E-state index contributed by atoms with van der Waals surface area (Å²) in [5.74, 6) is -2.28. The van der Waals surface area contributed by atoms with Crippen molar-refractivity contribution in [3.05, 3.63) is 35.9 Å². The van der Waals surface area contributed by atoms with E-state index in [1.807, 2.05) is 0 Å². The average Bonchev–Trinajstić information content (AvgIpc) is 2.47. The van der Waals surface area contributed by atoms with Crippen LogP contribution in [0.3, 0.4) is 0 Å². The molecule has 0 saturated carbocycles. The number of hydrogen-bond donors (Lipinski definition) is 3. The molecule has 3 N–H and O–H groups in total. The standard InChI is InChI=1S/C13H17N3O4/c1-14-8-10(16-12(18)13(19)20-2)15-11(17)9-6-4-3-5-7-9/h3-7,10,14H,8H2,1-2H3,(H,15,17)(H,16,18). The predicted octanol–water partition coefficient (Wildman–Crippen LogP) is -0.749. The molecule has 0 spiro atoms. The van der Waals surface area contributed by atoms with Crippen LogP contribution in [0.5, 0.6) is 0 Å². The van der Waals surface area contributed by atoms with Gasteiger partial charge in [-0.3, -0.25) is 9.59 Å². The summed E-state index contributed by atoms with van der Waals surface area (Å²) < 4.78 is 4.30. The lowest BCUT2D eigenvalue weighted by atomic mass is 10.2. The predicted molar refractivity (Wildman–Crippen MR) is 71.8 cm³/mol. The molecule has 7 heteroatoms. The van der Waals surface area contributed by atoms with Crippen molar-refractivity contribution in [3.63, 3.8) is 0 Å². The molecular formula is C13H17N3O4. The number of hydrogen-bond acceptors (Lipinski definition) is 5. The Bertz CT molecular complexity index is 476. The first-order valence-corrected chi connectivity index (χ1v) is 5.97. The van der Waals surface area contributed by atoms with Gasteiger partial charge in [0.2, 0.25) is 0 Å². The minimum atomic E-state index is -1.01. The molecule has 1 atom stereocenters. The van der Waals surface area contributed by atoms with Crippen LogP contribution in [-0.4, -0.2) is 44.7 Å². The third kappa shape index (κ3) is 4.69. The molecule has 0 aliphatic rings. The first-order chi connectivity index (χ1) is 9.58. The Morgan fingerprint density at radius 2 is 1.80 bits per heavy atom. The summed E-state index contributed by atoms with van der Waals surface area (Å²) in [6, 6.07) is 8.55. The summed E-state index contributed by atoms with van der Waals surface area (Å²) in [5.41, 5.74) is 0.459. The van der Waals surface area contributed by atoms with Crippen molar-refractivity contribution in [1.82, 2.24) is 16.0 Å². The highest BCUT2D eigenvalue weighted by molar-refractivity contribution is 6.32. The van der Waals surface area contributed by atoms with E-state index >= 15 is 0 Å². The van der Waals surface area contributed by atoms with Crippen LogP contribution in [0.4, 0.5) is 0 Å².